The molecule has 0 spiro atoms. The lowest BCUT2D eigenvalue weighted by Crippen LogP contribution is -2.46. The maximum atomic E-state index is 11.9. The third-order valence-electron chi connectivity index (χ3n) is 3.78. The highest BCUT2D eigenvalue weighted by atomic mass is 16.2. The van der Waals surface area contributed by atoms with E-state index in [1.165, 1.54) is 19.3 Å². The van der Waals surface area contributed by atoms with E-state index in [-0.39, 0.29) is 24.4 Å². The number of carbonyl (C=O) groups excluding carboxylic acids is 2. The van der Waals surface area contributed by atoms with Gasteiger partial charge in [0.15, 0.2) is 0 Å². The lowest BCUT2D eigenvalue weighted by molar-refractivity contribution is -0.137. The summed E-state index contributed by atoms with van der Waals surface area (Å²) >= 11 is 0. The molecular formula is C15H28N2O2. The molecule has 0 aromatic rings. The van der Waals surface area contributed by atoms with Crippen molar-refractivity contribution in [2.45, 2.75) is 65.3 Å². The van der Waals surface area contributed by atoms with Crippen LogP contribution in [0, 0.1) is 5.92 Å². The zero-order chi connectivity index (χ0) is 14.3. The second-order valence-corrected chi connectivity index (χ2v) is 5.97. The van der Waals surface area contributed by atoms with Crippen molar-refractivity contribution in [3.63, 3.8) is 0 Å². The Morgan fingerprint density at radius 3 is 2.37 bits per heavy atom. The summed E-state index contributed by atoms with van der Waals surface area (Å²) in [4.78, 5) is 25.3. The summed E-state index contributed by atoms with van der Waals surface area (Å²) < 4.78 is 0. The molecule has 1 N–H and O–H groups in total. The van der Waals surface area contributed by atoms with Crippen LogP contribution in [0.3, 0.4) is 0 Å². The highest BCUT2D eigenvalue weighted by molar-refractivity contribution is 5.83. The predicted molar refractivity (Wildman–Crippen MR) is 76.7 cm³/mol. The van der Waals surface area contributed by atoms with Crippen molar-refractivity contribution in [2.75, 3.05) is 13.1 Å². The van der Waals surface area contributed by atoms with Crippen LogP contribution < -0.4 is 5.32 Å². The molecule has 4 nitrogen and oxygen atoms in total. The van der Waals surface area contributed by atoms with E-state index in [0.717, 1.165) is 19.3 Å². The monoisotopic (exact) mass is 268 g/mol. The van der Waals surface area contributed by atoms with Gasteiger partial charge in [0.25, 0.3) is 0 Å². The Bertz CT molecular complexity index is 297. The smallest absolute Gasteiger partial charge is 0.239 e. The molecule has 0 atom stereocenters. The van der Waals surface area contributed by atoms with E-state index in [1.807, 2.05) is 0 Å². The molecule has 110 valence electrons. The highest BCUT2D eigenvalue weighted by Crippen LogP contribution is 2.22. The molecule has 1 fully saturated rings. The van der Waals surface area contributed by atoms with Gasteiger partial charge in [0.05, 0.1) is 6.54 Å². The maximum absolute atomic E-state index is 11.9. The van der Waals surface area contributed by atoms with Crippen molar-refractivity contribution in [2.24, 2.45) is 5.92 Å². The fraction of sp³-hybridized carbons (Fsp3) is 0.867. The summed E-state index contributed by atoms with van der Waals surface area (Å²) in [6.45, 7) is 6.76. The number of hydrogen-bond donors (Lipinski definition) is 1. The van der Waals surface area contributed by atoms with Gasteiger partial charge in [-0.3, -0.25) is 9.59 Å². The van der Waals surface area contributed by atoms with Crippen molar-refractivity contribution < 1.29 is 9.59 Å². The van der Waals surface area contributed by atoms with Gasteiger partial charge in [0.2, 0.25) is 11.8 Å². The zero-order valence-electron chi connectivity index (χ0n) is 12.6. The second-order valence-electron chi connectivity index (χ2n) is 5.97. The lowest BCUT2D eigenvalue weighted by atomic mass is 9.94. The summed E-state index contributed by atoms with van der Waals surface area (Å²) in [5.41, 5.74) is 0. The van der Waals surface area contributed by atoms with Crippen LogP contribution in [-0.4, -0.2) is 35.8 Å². The molecule has 0 heterocycles. The average Bonchev–Trinajstić information content (AvgIpc) is 2.36. The number of nitrogens with zero attached hydrogens (tertiary/aromatic N) is 1. The summed E-state index contributed by atoms with van der Waals surface area (Å²) in [6, 6.07) is 0.266. The first-order valence-corrected chi connectivity index (χ1v) is 7.54. The molecule has 2 amide bonds. The van der Waals surface area contributed by atoms with E-state index in [2.05, 4.69) is 19.2 Å². The van der Waals surface area contributed by atoms with Crippen molar-refractivity contribution in [3.05, 3.63) is 0 Å². The first-order chi connectivity index (χ1) is 9.00. The summed E-state index contributed by atoms with van der Waals surface area (Å²) in [7, 11) is 0. The van der Waals surface area contributed by atoms with Crippen LogP contribution in [0.15, 0.2) is 0 Å². The van der Waals surface area contributed by atoms with Crippen molar-refractivity contribution in [1.82, 2.24) is 10.2 Å². The quantitative estimate of drug-likeness (QED) is 0.804. The number of nitrogens with one attached hydrogen (secondary N) is 1. The minimum atomic E-state index is -0.0265. The topological polar surface area (TPSA) is 49.4 Å². The predicted octanol–water partition coefficient (Wildman–Crippen LogP) is 2.33. The molecule has 0 unspecified atom stereocenters. The van der Waals surface area contributed by atoms with E-state index in [9.17, 15) is 9.59 Å². The molecule has 1 aliphatic rings. The Kier molecular flexibility index (Phi) is 6.89. The molecule has 0 aromatic carbocycles. The molecule has 0 aliphatic heterocycles. The Hall–Kier alpha value is -1.06. The molecule has 0 radical (unpaired) electrons. The van der Waals surface area contributed by atoms with E-state index in [4.69, 9.17) is 0 Å². The number of amides is 2. The van der Waals surface area contributed by atoms with Crippen LogP contribution in [0.5, 0.6) is 0 Å². The van der Waals surface area contributed by atoms with Gasteiger partial charge in [-0.1, -0.05) is 33.1 Å². The maximum Gasteiger partial charge on any atom is 0.239 e. The molecule has 0 saturated heterocycles. The largest absolute Gasteiger partial charge is 0.355 e. The molecule has 4 heteroatoms. The summed E-state index contributed by atoms with van der Waals surface area (Å²) in [5.74, 6) is 0.579. The number of carbonyl (C=O) groups is 2. The van der Waals surface area contributed by atoms with Gasteiger partial charge < -0.3 is 10.2 Å². The average molecular weight is 268 g/mol. The minimum absolute atomic E-state index is 0.0194. The van der Waals surface area contributed by atoms with Crippen molar-refractivity contribution in [1.29, 1.82) is 0 Å². The standard InChI is InChI=1S/C15H28N2O2/c1-12(2)9-10-16-15(19)11-17(13(3)18)14-7-5-4-6-8-14/h12,14H,4-11H2,1-3H3,(H,16,19). The fourth-order valence-corrected chi connectivity index (χ4v) is 2.60. The minimum Gasteiger partial charge on any atom is -0.355 e. The third kappa shape index (κ3) is 6.08. The van der Waals surface area contributed by atoms with E-state index < -0.39 is 0 Å². The third-order valence-corrected chi connectivity index (χ3v) is 3.78. The van der Waals surface area contributed by atoms with Gasteiger partial charge >= 0.3 is 0 Å². The molecule has 1 aliphatic carbocycles. The fourth-order valence-electron chi connectivity index (χ4n) is 2.60. The van der Waals surface area contributed by atoms with Gasteiger partial charge in [0, 0.05) is 19.5 Å². The van der Waals surface area contributed by atoms with E-state index >= 15 is 0 Å². The Morgan fingerprint density at radius 1 is 1.21 bits per heavy atom. The van der Waals surface area contributed by atoms with Gasteiger partial charge in [0.1, 0.15) is 0 Å². The van der Waals surface area contributed by atoms with Crippen LogP contribution in [0.2, 0.25) is 0 Å². The second kappa shape index (κ2) is 8.18. The van der Waals surface area contributed by atoms with E-state index in [0.29, 0.717) is 12.5 Å². The SMILES string of the molecule is CC(=O)N(CC(=O)NCCC(C)C)C1CCCCC1. The molecule has 1 rings (SSSR count). The summed E-state index contributed by atoms with van der Waals surface area (Å²) in [5, 5.41) is 2.91. The normalized spacial score (nSPS) is 16.4. The van der Waals surface area contributed by atoms with Gasteiger partial charge in [-0.2, -0.15) is 0 Å². The van der Waals surface area contributed by atoms with Crippen LogP contribution in [0.25, 0.3) is 0 Å². The Balaban J connectivity index is 2.39. The van der Waals surface area contributed by atoms with Crippen LogP contribution in [0.4, 0.5) is 0 Å². The van der Waals surface area contributed by atoms with Crippen LogP contribution >= 0.6 is 0 Å². The zero-order valence-corrected chi connectivity index (χ0v) is 12.6. The first kappa shape index (κ1) is 16.0. The first-order valence-electron chi connectivity index (χ1n) is 7.54. The summed E-state index contributed by atoms with van der Waals surface area (Å²) in [6.07, 6.45) is 6.66. The van der Waals surface area contributed by atoms with E-state index in [1.54, 1.807) is 11.8 Å². The van der Waals surface area contributed by atoms with Crippen LogP contribution in [-0.2, 0) is 9.59 Å². The van der Waals surface area contributed by atoms with Gasteiger partial charge in [-0.25, -0.2) is 0 Å². The molecule has 0 aromatic heterocycles. The molecule has 0 bridgehead atoms. The Labute approximate surface area is 116 Å². The van der Waals surface area contributed by atoms with Gasteiger partial charge in [-0.05, 0) is 25.2 Å². The van der Waals surface area contributed by atoms with Crippen molar-refractivity contribution >= 4 is 11.8 Å². The number of rotatable bonds is 6. The molecular weight excluding hydrogens is 240 g/mol. The van der Waals surface area contributed by atoms with Crippen LogP contribution in [0.1, 0.15) is 59.3 Å². The van der Waals surface area contributed by atoms with Gasteiger partial charge in [-0.15, -0.1) is 0 Å². The van der Waals surface area contributed by atoms with Crippen molar-refractivity contribution in [3.8, 4) is 0 Å². The molecule has 1 saturated carbocycles. The number of hydrogen-bond acceptors (Lipinski definition) is 2. The highest BCUT2D eigenvalue weighted by Gasteiger charge is 2.24. The Morgan fingerprint density at radius 2 is 1.84 bits per heavy atom. The lowest BCUT2D eigenvalue weighted by Gasteiger charge is -2.33. The molecule has 19 heavy (non-hydrogen) atoms.